The molecule has 0 bridgehead atoms. The molecule has 66 valence electrons. The fourth-order valence-corrected chi connectivity index (χ4v) is 1.68. The Balaban J connectivity index is 0.000000336. The molecule has 0 amide bonds. The van der Waals surface area contributed by atoms with Crippen LogP contribution in [0.25, 0.3) is 0 Å². The molecule has 0 saturated carbocycles. The van der Waals surface area contributed by atoms with Gasteiger partial charge in [0.05, 0.1) is 0 Å². The third-order valence-electron chi connectivity index (χ3n) is 1.78. The zero-order valence-electron chi connectivity index (χ0n) is 7.52. The molecule has 0 fully saturated rings. The maximum absolute atomic E-state index is 3.44. The molecule has 2 heteroatoms. The van der Waals surface area contributed by atoms with Crippen molar-refractivity contribution in [3.05, 3.63) is 28.2 Å². The summed E-state index contributed by atoms with van der Waals surface area (Å²) in [5, 5.41) is 3.31. The largest absolute Gasteiger partial charge is 0.384 e. The quantitative estimate of drug-likeness (QED) is 0.717. The third-order valence-corrected chi connectivity index (χ3v) is 2.27. The third kappa shape index (κ3) is 2.01. The molecule has 0 saturated heterocycles. The smallest absolute Gasteiger partial charge is 0.0374 e. The van der Waals surface area contributed by atoms with Gasteiger partial charge < -0.3 is 5.32 Å². The van der Waals surface area contributed by atoms with Gasteiger partial charge in [0.25, 0.3) is 0 Å². The van der Waals surface area contributed by atoms with Gasteiger partial charge in [-0.05, 0) is 30.2 Å². The molecule has 1 heterocycles. The first-order chi connectivity index (χ1) is 5.86. The first-order valence-corrected chi connectivity index (χ1v) is 5.18. The number of rotatable bonds is 0. The van der Waals surface area contributed by atoms with Crippen molar-refractivity contribution in [1.29, 1.82) is 0 Å². The lowest BCUT2D eigenvalue weighted by molar-refractivity contribution is 1.10. The molecule has 12 heavy (non-hydrogen) atoms. The number of anilines is 1. The number of hydrogen-bond donors (Lipinski definition) is 1. The lowest BCUT2D eigenvalue weighted by Gasteiger charge is -1.97. The Morgan fingerprint density at radius 1 is 1.33 bits per heavy atom. The van der Waals surface area contributed by atoms with Crippen molar-refractivity contribution in [2.45, 2.75) is 20.3 Å². The zero-order chi connectivity index (χ0) is 8.97. The monoisotopic (exact) mass is 227 g/mol. The predicted octanol–water partition coefficient (Wildman–Crippen LogP) is 3.44. The highest BCUT2D eigenvalue weighted by Crippen LogP contribution is 2.24. The molecule has 0 aliphatic carbocycles. The molecule has 1 aliphatic rings. The van der Waals surface area contributed by atoms with Crippen LogP contribution in [0.3, 0.4) is 0 Å². The maximum Gasteiger partial charge on any atom is 0.0374 e. The Morgan fingerprint density at radius 2 is 2.08 bits per heavy atom. The molecule has 0 spiro atoms. The van der Waals surface area contributed by atoms with Crippen LogP contribution in [-0.4, -0.2) is 6.54 Å². The summed E-state index contributed by atoms with van der Waals surface area (Å²) in [5.74, 6) is 0. The number of hydrogen-bond acceptors (Lipinski definition) is 1. The van der Waals surface area contributed by atoms with E-state index in [0.29, 0.717) is 0 Å². The highest BCUT2D eigenvalue weighted by Gasteiger charge is 2.08. The summed E-state index contributed by atoms with van der Waals surface area (Å²) in [4.78, 5) is 0. The lowest BCUT2D eigenvalue weighted by Crippen LogP contribution is -1.90. The summed E-state index contributed by atoms with van der Waals surface area (Å²) in [5.41, 5.74) is 2.72. The molecule has 0 unspecified atom stereocenters. The van der Waals surface area contributed by atoms with E-state index >= 15 is 0 Å². The van der Waals surface area contributed by atoms with E-state index < -0.39 is 0 Å². The lowest BCUT2D eigenvalue weighted by atomic mass is 10.2. The molecular weight excluding hydrogens is 214 g/mol. The summed E-state index contributed by atoms with van der Waals surface area (Å²) in [6.45, 7) is 5.09. The van der Waals surface area contributed by atoms with E-state index in [0.717, 1.165) is 13.0 Å². The summed E-state index contributed by atoms with van der Waals surface area (Å²) < 4.78 is 1.18. The molecule has 1 nitrogen and oxygen atoms in total. The molecule has 2 rings (SSSR count). The van der Waals surface area contributed by atoms with Crippen LogP contribution in [0.1, 0.15) is 19.4 Å². The Kier molecular flexibility index (Phi) is 3.60. The highest BCUT2D eigenvalue weighted by atomic mass is 79.9. The van der Waals surface area contributed by atoms with E-state index in [-0.39, 0.29) is 0 Å². The van der Waals surface area contributed by atoms with Crippen molar-refractivity contribution in [2.75, 3.05) is 11.9 Å². The summed E-state index contributed by atoms with van der Waals surface area (Å²) in [6.07, 6.45) is 1.16. The normalized spacial score (nSPS) is 12.6. The summed E-state index contributed by atoms with van der Waals surface area (Å²) in [7, 11) is 0. The van der Waals surface area contributed by atoms with Crippen molar-refractivity contribution in [1.82, 2.24) is 0 Å². The fourth-order valence-electron chi connectivity index (χ4n) is 1.27. The van der Waals surface area contributed by atoms with Crippen molar-refractivity contribution in [2.24, 2.45) is 0 Å². The van der Waals surface area contributed by atoms with Gasteiger partial charge in [0.15, 0.2) is 0 Å². The number of benzene rings is 1. The molecule has 0 aromatic heterocycles. The standard InChI is InChI=1S/C8H8BrN.C2H6/c9-7-1-2-8-6(5-7)3-4-10-8;1-2/h1-2,5,10H,3-4H2;1-2H3. The second kappa shape index (κ2) is 4.51. The van der Waals surface area contributed by atoms with Gasteiger partial charge in [0, 0.05) is 16.7 Å². The molecule has 1 N–H and O–H groups in total. The Bertz CT molecular complexity index is 258. The minimum absolute atomic E-state index is 1.09. The summed E-state index contributed by atoms with van der Waals surface area (Å²) in [6, 6.07) is 6.36. The van der Waals surface area contributed by atoms with E-state index in [1.807, 2.05) is 13.8 Å². The number of nitrogens with one attached hydrogen (secondary N) is 1. The zero-order valence-corrected chi connectivity index (χ0v) is 9.11. The van der Waals surface area contributed by atoms with Crippen molar-refractivity contribution in [3.63, 3.8) is 0 Å². The molecule has 1 aromatic rings. The fraction of sp³-hybridized carbons (Fsp3) is 0.400. The summed E-state index contributed by atoms with van der Waals surface area (Å²) >= 11 is 3.44. The molecule has 1 aromatic carbocycles. The van der Waals surface area contributed by atoms with Crippen LogP contribution in [0.4, 0.5) is 5.69 Å². The second-order valence-electron chi connectivity index (χ2n) is 2.48. The van der Waals surface area contributed by atoms with Crippen molar-refractivity contribution in [3.8, 4) is 0 Å². The van der Waals surface area contributed by atoms with Gasteiger partial charge in [-0.15, -0.1) is 0 Å². The van der Waals surface area contributed by atoms with Crippen LogP contribution in [0.15, 0.2) is 22.7 Å². The highest BCUT2D eigenvalue weighted by molar-refractivity contribution is 9.10. The van der Waals surface area contributed by atoms with Gasteiger partial charge in [-0.25, -0.2) is 0 Å². The van der Waals surface area contributed by atoms with Crippen molar-refractivity contribution < 1.29 is 0 Å². The first-order valence-electron chi connectivity index (χ1n) is 4.38. The van der Waals surface area contributed by atoms with E-state index in [9.17, 15) is 0 Å². The average molecular weight is 228 g/mol. The molecule has 0 radical (unpaired) electrons. The Labute approximate surface area is 82.3 Å². The van der Waals surface area contributed by atoms with Crippen LogP contribution >= 0.6 is 15.9 Å². The van der Waals surface area contributed by atoms with Gasteiger partial charge in [0.1, 0.15) is 0 Å². The molecule has 0 atom stereocenters. The topological polar surface area (TPSA) is 12.0 Å². The van der Waals surface area contributed by atoms with Crippen molar-refractivity contribution >= 4 is 21.6 Å². The maximum atomic E-state index is 3.44. The van der Waals surface area contributed by atoms with Crippen LogP contribution in [0.5, 0.6) is 0 Å². The SMILES string of the molecule is Brc1ccc2c(c1)CCN2.CC. The predicted molar refractivity (Wildman–Crippen MR) is 57.7 cm³/mol. The van der Waals surface area contributed by atoms with Crippen LogP contribution in [0.2, 0.25) is 0 Å². The Morgan fingerprint density at radius 3 is 2.83 bits per heavy atom. The van der Waals surface area contributed by atoms with E-state index in [1.165, 1.54) is 15.7 Å². The van der Waals surface area contributed by atoms with Crippen LogP contribution < -0.4 is 5.32 Å². The van der Waals surface area contributed by atoms with Gasteiger partial charge in [0.2, 0.25) is 0 Å². The minimum Gasteiger partial charge on any atom is -0.384 e. The molecule has 1 aliphatic heterocycles. The number of halogens is 1. The van der Waals surface area contributed by atoms with Gasteiger partial charge >= 0.3 is 0 Å². The van der Waals surface area contributed by atoms with E-state index in [1.54, 1.807) is 0 Å². The van der Waals surface area contributed by atoms with Crippen LogP contribution in [-0.2, 0) is 6.42 Å². The Hall–Kier alpha value is -0.500. The number of fused-ring (bicyclic) bond motifs is 1. The van der Waals surface area contributed by atoms with E-state index in [4.69, 9.17) is 0 Å². The molecular formula is C10H14BrN. The van der Waals surface area contributed by atoms with Gasteiger partial charge in [-0.2, -0.15) is 0 Å². The minimum atomic E-state index is 1.09. The van der Waals surface area contributed by atoms with Gasteiger partial charge in [-0.1, -0.05) is 29.8 Å². The van der Waals surface area contributed by atoms with E-state index in [2.05, 4.69) is 39.4 Å². The average Bonchev–Trinajstić information content (AvgIpc) is 2.54. The second-order valence-corrected chi connectivity index (χ2v) is 3.39. The first kappa shape index (κ1) is 9.59. The van der Waals surface area contributed by atoms with Gasteiger partial charge in [-0.3, -0.25) is 0 Å². The van der Waals surface area contributed by atoms with Crippen LogP contribution in [0, 0.1) is 0 Å².